The second-order valence-electron chi connectivity index (χ2n) is 9.50. The molecule has 5 nitrogen and oxygen atoms in total. The minimum absolute atomic E-state index is 0.136. The van der Waals surface area contributed by atoms with Gasteiger partial charge in [-0.25, -0.2) is 4.79 Å². The van der Waals surface area contributed by atoms with Gasteiger partial charge in [-0.15, -0.1) is 0 Å². The molecule has 2 fully saturated rings. The first-order chi connectivity index (χ1) is 15.6. The number of carbonyl (C=O) groups is 1. The van der Waals surface area contributed by atoms with E-state index in [1.54, 1.807) is 0 Å². The molecule has 2 aromatic carbocycles. The fourth-order valence-corrected chi connectivity index (χ4v) is 5.53. The summed E-state index contributed by atoms with van der Waals surface area (Å²) in [4.78, 5) is 19.9. The smallest absolute Gasteiger partial charge is 0.410 e. The predicted molar refractivity (Wildman–Crippen MR) is 128 cm³/mol. The summed E-state index contributed by atoms with van der Waals surface area (Å²) >= 11 is 0. The molecule has 5 heteroatoms. The lowest BCUT2D eigenvalue weighted by Gasteiger charge is -2.36. The van der Waals surface area contributed by atoms with Crippen molar-refractivity contribution in [3.8, 4) is 0 Å². The summed E-state index contributed by atoms with van der Waals surface area (Å²) in [6.45, 7) is 12.4. The number of piperazine rings is 1. The van der Waals surface area contributed by atoms with Gasteiger partial charge in [0.15, 0.2) is 0 Å². The first kappa shape index (κ1) is 21.1. The second-order valence-corrected chi connectivity index (χ2v) is 9.50. The number of rotatable bonds is 5. The van der Waals surface area contributed by atoms with Crippen LogP contribution in [-0.2, 0) is 11.3 Å². The maximum absolute atomic E-state index is 13.0. The van der Waals surface area contributed by atoms with Crippen LogP contribution in [0.3, 0.4) is 0 Å². The monoisotopic (exact) mass is 431 g/mol. The minimum Gasteiger partial charge on any atom is -0.445 e. The molecular weight excluding hydrogens is 398 g/mol. The number of hydrogen-bond donors (Lipinski definition) is 0. The van der Waals surface area contributed by atoms with Gasteiger partial charge >= 0.3 is 6.09 Å². The lowest BCUT2D eigenvalue weighted by molar-refractivity contribution is 0.0694. The molecule has 2 aromatic rings. The molecule has 168 valence electrons. The van der Waals surface area contributed by atoms with E-state index in [0.717, 1.165) is 57.7 Å². The van der Waals surface area contributed by atoms with Crippen molar-refractivity contribution in [3.63, 3.8) is 0 Å². The van der Waals surface area contributed by atoms with Gasteiger partial charge in [0.2, 0.25) is 0 Å². The molecule has 0 N–H and O–H groups in total. The van der Waals surface area contributed by atoms with E-state index in [4.69, 9.17) is 4.74 Å². The summed E-state index contributed by atoms with van der Waals surface area (Å²) in [6.07, 6.45) is 1.85. The summed E-state index contributed by atoms with van der Waals surface area (Å²) in [7, 11) is 0. The molecule has 5 rings (SSSR count). The molecular formula is C27H33N3O2. The lowest BCUT2D eigenvalue weighted by atomic mass is 9.96. The molecule has 0 spiro atoms. The predicted octanol–water partition coefficient (Wildman–Crippen LogP) is 4.96. The average Bonchev–Trinajstić information content (AvgIpc) is 3.09. The quantitative estimate of drug-likeness (QED) is 0.627. The van der Waals surface area contributed by atoms with Gasteiger partial charge in [0.25, 0.3) is 0 Å². The van der Waals surface area contributed by atoms with Crippen LogP contribution in [0.25, 0.3) is 0 Å². The Labute approximate surface area is 191 Å². The molecule has 2 heterocycles. The van der Waals surface area contributed by atoms with Gasteiger partial charge in [0.1, 0.15) is 6.61 Å². The van der Waals surface area contributed by atoms with Crippen molar-refractivity contribution in [2.75, 3.05) is 44.2 Å². The minimum atomic E-state index is -0.191. The first-order valence-electron chi connectivity index (χ1n) is 11.8. The Balaban J connectivity index is 1.27. The molecule has 2 unspecified atom stereocenters. The Morgan fingerprint density at radius 2 is 1.81 bits per heavy atom. The zero-order valence-electron chi connectivity index (χ0n) is 19.0. The lowest BCUT2D eigenvalue weighted by Crippen LogP contribution is -2.46. The van der Waals surface area contributed by atoms with Crippen LogP contribution >= 0.6 is 0 Å². The Hall–Kier alpha value is -2.79. The van der Waals surface area contributed by atoms with Crippen LogP contribution in [0.1, 0.15) is 48.4 Å². The Bertz CT molecular complexity index is 982. The van der Waals surface area contributed by atoms with Crippen LogP contribution in [0, 0.1) is 0 Å². The van der Waals surface area contributed by atoms with E-state index in [1.807, 2.05) is 35.2 Å². The van der Waals surface area contributed by atoms with E-state index in [1.165, 1.54) is 22.4 Å². The van der Waals surface area contributed by atoms with Crippen molar-refractivity contribution in [1.29, 1.82) is 0 Å². The molecule has 0 saturated carbocycles. The Kier molecular flexibility index (Phi) is 5.92. The summed E-state index contributed by atoms with van der Waals surface area (Å²) in [5.41, 5.74) is 6.28. The maximum atomic E-state index is 13.0. The van der Waals surface area contributed by atoms with E-state index in [0.29, 0.717) is 12.5 Å². The van der Waals surface area contributed by atoms with Gasteiger partial charge < -0.3 is 14.5 Å². The highest BCUT2D eigenvalue weighted by Crippen LogP contribution is 2.50. The molecule has 0 aromatic heterocycles. The third-order valence-corrected chi connectivity index (χ3v) is 7.14. The summed E-state index contributed by atoms with van der Waals surface area (Å²) in [5.74, 6) is 0.564. The highest BCUT2D eigenvalue weighted by atomic mass is 16.6. The van der Waals surface area contributed by atoms with Crippen molar-refractivity contribution in [2.45, 2.75) is 38.3 Å². The molecule has 1 amide bonds. The Morgan fingerprint density at radius 1 is 1.03 bits per heavy atom. The average molecular weight is 432 g/mol. The molecule has 0 radical (unpaired) electrons. The number of hydrogen-bond acceptors (Lipinski definition) is 4. The van der Waals surface area contributed by atoms with Crippen LogP contribution in [0.15, 0.2) is 60.7 Å². The van der Waals surface area contributed by atoms with Crippen molar-refractivity contribution in [1.82, 2.24) is 9.80 Å². The third-order valence-electron chi connectivity index (χ3n) is 7.14. The maximum Gasteiger partial charge on any atom is 0.410 e. The van der Waals surface area contributed by atoms with Gasteiger partial charge in [0.05, 0.1) is 6.04 Å². The van der Waals surface area contributed by atoms with Gasteiger partial charge in [-0.3, -0.25) is 4.90 Å². The SMILES string of the molecule is C=C(C)CN1CCN(c2ccc3c(c2)C2CC3CCN2C(=O)OCc2ccccc2)CC1. The number of benzene rings is 2. The van der Waals surface area contributed by atoms with Crippen LogP contribution < -0.4 is 4.90 Å². The summed E-state index contributed by atoms with van der Waals surface area (Å²) in [5, 5.41) is 0. The number of piperidine rings is 1. The summed E-state index contributed by atoms with van der Waals surface area (Å²) < 4.78 is 5.69. The van der Waals surface area contributed by atoms with Crippen LogP contribution in [0.2, 0.25) is 0 Å². The highest BCUT2D eigenvalue weighted by Gasteiger charge is 2.41. The number of amides is 1. The number of carbonyl (C=O) groups excluding carboxylic acids is 1. The van der Waals surface area contributed by atoms with Crippen molar-refractivity contribution < 1.29 is 9.53 Å². The van der Waals surface area contributed by atoms with E-state index >= 15 is 0 Å². The van der Waals surface area contributed by atoms with Crippen LogP contribution in [0.4, 0.5) is 10.5 Å². The summed E-state index contributed by atoms with van der Waals surface area (Å²) in [6, 6.07) is 17.0. The number of anilines is 1. The molecule has 2 atom stereocenters. The van der Waals surface area contributed by atoms with Crippen molar-refractivity contribution in [2.24, 2.45) is 0 Å². The number of nitrogens with zero attached hydrogens (tertiary/aromatic N) is 3. The molecule has 32 heavy (non-hydrogen) atoms. The van der Waals surface area contributed by atoms with Gasteiger partial charge in [-0.05, 0) is 54.5 Å². The topological polar surface area (TPSA) is 36.0 Å². The number of fused-ring (bicyclic) bond motifs is 5. The van der Waals surface area contributed by atoms with E-state index < -0.39 is 0 Å². The molecule has 1 aliphatic carbocycles. The Morgan fingerprint density at radius 3 is 2.56 bits per heavy atom. The highest BCUT2D eigenvalue weighted by molar-refractivity contribution is 5.70. The van der Waals surface area contributed by atoms with Gasteiger partial charge in [0, 0.05) is 45.0 Å². The normalized spacial score (nSPS) is 22.5. The van der Waals surface area contributed by atoms with Crippen molar-refractivity contribution in [3.05, 3.63) is 77.4 Å². The van der Waals surface area contributed by atoms with Gasteiger partial charge in [-0.2, -0.15) is 0 Å². The molecule has 2 aliphatic heterocycles. The van der Waals surface area contributed by atoms with Crippen LogP contribution in [-0.4, -0.2) is 55.2 Å². The largest absolute Gasteiger partial charge is 0.445 e. The van der Waals surface area contributed by atoms with E-state index in [-0.39, 0.29) is 12.1 Å². The molecule has 3 aliphatic rings. The van der Waals surface area contributed by atoms with Crippen LogP contribution in [0.5, 0.6) is 0 Å². The van der Waals surface area contributed by atoms with Gasteiger partial charge in [-0.1, -0.05) is 48.6 Å². The standard InChI is InChI=1S/C27H33N3O2/c1-20(2)18-28-12-14-29(15-13-28)23-8-9-24-22-10-11-30(26(16-22)25(24)17-23)27(31)32-19-21-6-4-3-5-7-21/h3-9,17,22,26H,1,10-16,18-19H2,2H3. The zero-order chi connectivity index (χ0) is 22.1. The first-order valence-corrected chi connectivity index (χ1v) is 11.8. The molecule has 2 saturated heterocycles. The number of ether oxygens (including phenoxy) is 1. The fraction of sp³-hybridized carbons (Fsp3) is 0.444. The molecule has 2 bridgehead atoms. The second kappa shape index (κ2) is 8.99. The third kappa shape index (κ3) is 4.26. The zero-order valence-corrected chi connectivity index (χ0v) is 19.0. The van der Waals surface area contributed by atoms with E-state index in [2.05, 4.69) is 41.5 Å². The van der Waals surface area contributed by atoms with Crippen molar-refractivity contribution >= 4 is 11.8 Å². The van der Waals surface area contributed by atoms with E-state index in [9.17, 15) is 4.79 Å². The fourth-order valence-electron chi connectivity index (χ4n) is 5.53. The number of likely N-dealkylation sites (tertiary alicyclic amines) is 1.